The molecule has 2 aromatic rings. The van der Waals surface area contributed by atoms with E-state index < -0.39 is 0 Å². The molecule has 126 valence electrons. The minimum absolute atomic E-state index is 0.145. The Morgan fingerprint density at radius 2 is 1.92 bits per heavy atom. The molecular weight excluding hydrogens is 370 g/mol. The molecule has 7 heteroatoms. The van der Waals surface area contributed by atoms with Crippen molar-refractivity contribution in [2.24, 2.45) is 10.2 Å². The highest BCUT2D eigenvalue weighted by Crippen LogP contribution is 2.32. The molecule has 0 fully saturated rings. The van der Waals surface area contributed by atoms with E-state index in [0.29, 0.717) is 17.1 Å². The Hall–Kier alpha value is -2.28. The van der Waals surface area contributed by atoms with Gasteiger partial charge in [0, 0.05) is 38.1 Å². The zero-order valence-corrected chi connectivity index (χ0v) is 15.5. The van der Waals surface area contributed by atoms with Crippen molar-refractivity contribution in [3.8, 4) is 0 Å². The summed E-state index contributed by atoms with van der Waals surface area (Å²) in [7, 11) is 0. The number of aromatic nitrogens is 1. The molecule has 2 rings (SSSR count). The summed E-state index contributed by atoms with van der Waals surface area (Å²) in [6, 6.07) is 7.52. The number of hydrogen-bond donors (Lipinski definition) is 1. The second-order valence-corrected chi connectivity index (χ2v) is 5.94. The second-order valence-electron chi connectivity index (χ2n) is 5.08. The maximum atomic E-state index is 11.5. The molecule has 0 saturated carbocycles. The first-order chi connectivity index (χ1) is 11.5. The van der Waals surface area contributed by atoms with Crippen molar-refractivity contribution < 1.29 is 4.79 Å². The quantitative estimate of drug-likeness (QED) is 0.701. The van der Waals surface area contributed by atoms with Gasteiger partial charge in [-0.2, -0.15) is 0 Å². The van der Waals surface area contributed by atoms with E-state index in [-0.39, 0.29) is 5.91 Å². The minimum Gasteiger partial charge on any atom is -0.372 e. The van der Waals surface area contributed by atoms with Crippen molar-refractivity contribution >= 4 is 44.6 Å². The van der Waals surface area contributed by atoms with E-state index in [1.165, 1.54) is 6.92 Å². The van der Waals surface area contributed by atoms with E-state index in [4.69, 9.17) is 0 Å². The van der Waals surface area contributed by atoms with Gasteiger partial charge in [-0.3, -0.25) is 9.78 Å². The van der Waals surface area contributed by atoms with Crippen LogP contribution in [-0.4, -0.2) is 24.0 Å². The molecule has 0 aliphatic rings. The standard InChI is InChI=1S/C17H20BrN5O/c1-4-23(5-2)13-6-7-16(17(10-13)20-12(3)24)22-21-15-8-9-19-11-14(15)18/h6-11H,4-5H2,1-3H3,(H,20,24). The van der Waals surface area contributed by atoms with Crippen LogP contribution in [0.25, 0.3) is 0 Å². The first-order valence-electron chi connectivity index (χ1n) is 7.73. The predicted molar refractivity (Wildman–Crippen MR) is 100 cm³/mol. The SMILES string of the molecule is CCN(CC)c1ccc(N=Nc2ccncc2Br)c(NC(C)=O)c1. The number of pyridine rings is 1. The van der Waals surface area contributed by atoms with Crippen LogP contribution >= 0.6 is 15.9 Å². The van der Waals surface area contributed by atoms with Gasteiger partial charge in [0.15, 0.2) is 0 Å². The van der Waals surface area contributed by atoms with E-state index in [2.05, 4.69) is 55.2 Å². The summed E-state index contributed by atoms with van der Waals surface area (Å²) in [6.45, 7) is 7.44. The molecule has 0 aliphatic carbocycles. The van der Waals surface area contributed by atoms with Crippen LogP contribution < -0.4 is 10.2 Å². The molecule has 0 saturated heterocycles. The summed E-state index contributed by atoms with van der Waals surface area (Å²) in [6.07, 6.45) is 3.31. The largest absolute Gasteiger partial charge is 0.372 e. The van der Waals surface area contributed by atoms with Crippen LogP contribution in [0.5, 0.6) is 0 Å². The van der Waals surface area contributed by atoms with Crippen molar-refractivity contribution in [2.45, 2.75) is 20.8 Å². The molecule has 1 aromatic heterocycles. The van der Waals surface area contributed by atoms with Gasteiger partial charge in [-0.15, -0.1) is 10.2 Å². The molecular formula is C17H20BrN5O. The van der Waals surface area contributed by atoms with E-state index in [1.54, 1.807) is 18.5 Å². The summed E-state index contributed by atoms with van der Waals surface area (Å²) in [5.41, 5.74) is 2.95. The van der Waals surface area contributed by atoms with Gasteiger partial charge in [0.25, 0.3) is 0 Å². The van der Waals surface area contributed by atoms with Crippen LogP contribution in [0, 0.1) is 0 Å². The lowest BCUT2D eigenvalue weighted by Gasteiger charge is -2.22. The number of anilines is 2. The lowest BCUT2D eigenvalue weighted by molar-refractivity contribution is -0.114. The van der Waals surface area contributed by atoms with Crippen molar-refractivity contribution in [1.82, 2.24) is 4.98 Å². The Morgan fingerprint density at radius 3 is 2.54 bits per heavy atom. The molecule has 0 spiro atoms. The number of nitrogens with one attached hydrogen (secondary N) is 1. The Balaban J connectivity index is 2.37. The molecule has 0 aliphatic heterocycles. The van der Waals surface area contributed by atoms with Gasteiger partial charge in [-0.25, -0.2) is 0 Å². The normalized spacial score (nSPS) is 10.8. The lowest BCUT2D eigenvalue weighted by atomic mass is 10.2. The molecule has 0 unspecified atom stereocenters. The first-order valence-corrected chi connectivity index (χ1v) is 8.52. The predicted octanol–water partition coefficient (Wildman–Crippen LogP) is 5.06. The Morgan fingerprint density at radius 1 is 1.21 bits per heavy atom. The van der Waals surface area contributed by atoms with Crippen LogP contribution in [-0.2, 0) is 4.79 Å². The van der Waals surface area contributed by atoms with Crippen molar-refractivity contribution in [3.63, 3.8) is 0 Å². The van der Waals surface area contributed by atoms with E-state index >= 15 is 0 Å². The van der Waals surface area contributed by atoms with Gasteiger partial charge >= 0.3 is 0 Å². The van der Waals surface area contributed by atoms with Crippen LogP contribution in [0.2, 0.25) is 0 Å². The number of nitrogens with zero attached hydrogens (tertiary/aromatic N) is 4. The number of hydrogen-bond acceptors (Lipinski definition) is 5. The number of carbonyl (C=O) groups excluding carboxylic acids is 1. The van der Waals surface area contributed by atoms with Crippen molar-refractivity contribution in [3.05, 3.63) is 41.1 Å². The summed E-state index contributed by atoms with van der Waals surface area (Å²) in [5.74, 6) is -0.145. The van der Waals surface area contributed by atoms with Crippen LogP contribution in [0.15, 0.2) is 51.4 Å². The van der Waals surface area contributed by atoms with E-state index in [9.17, 15) is 4.79 Å². The maximum absolute atomic E-state index is 11.5. The lowest BCUT2D eigenvalue weighted by Crippen LogP contribution is -2.21. The summed E-state index contributed by atoms with van der Waals surface area (Å²) in [4.78, 5) is 17.7. The van der Waals surface area contributed by atoms with Crippen LogP contribution in [0.1, 0.15) is 20.8 Å². The molecule has 0 atom stereocenters. The topological polar surface area (TPSA) is 70.0 Å². The fourth-order valence-electron chi connectivity index (χ4n) is 2.24. The third-order valence-electron chi connectivity index (χ3n) is 3.44. The average Bonchev–Trinajstić information content (AvgIpc) is 2.56. The number of amides is 1. The summed E-state index contributed by atoms with van der Waals surface area (Å²) in [5, 5.41) is 11.3. The third kappa shape index (κ3) is 4.61. The van der Waals surface area contributed by atoms with Crippen molar-refractivity contribution in [1.29, 1.82) is 0 Å². The van der Waals surface area contributed by atoms with Crippen LogP contribution in [0.4, 0.5) is 22.7 Å². The minimum atomic E-state index is -0.145. The number of carbonyl (C=O) groups is 1. The molecule has 1 heterocycles. The number of azo groups is 1. The molecule has 1 aromatic carbocycles. The smallest absolute Gasteiger partial charge is 0.221 e. The zero-order chi connectivity index (χ0) is 17.5. The highest BCUT2D eigenvalue weighted by molar-refractivity contribution is 9.10. The van der Waals surface area contributed by atoms with Crippen molar-refractivity contribution in [2.75, 3.05) is 23.3 Å². The Kier molecular flexibility index (Phi) is 6.43. The number of rotatable bonds is 6. The fourth-order valence-corrected chi connectivity index (χ4v) is 2.57. The zero-order valence-electron chi connectivity index (χ0n) is 14.0. The van der Waals surface area contributed by atoms with E-state index in [0.717, 1.165) is 23.2 Å². The Bertz CT molecular complexity index is 744. The maximum Gasteiger partial charge on any atom is 0.221 e. The highest BCUT2D eigenvalue weighted by Gasteiger charge is 2.09. The average molecular weight is 390 g/mol. The van der Waals surface area contributed by atoms with Gasteiger partial charge in [0.05, 0.1) is 10.2 Å². The molecule has 24 heavy (non-hydrogen) atoms. The molecule has 0 radical (unpaired) electrons. The van der Waals surface area contributed by atoms with Gasteiger partial charge in [0.1, 0.15) is 11.4 Å². The van der Waals surface area contributed by atoms with Crippen LogP contribution in [0.3, 0.4) is 0 Å². The monoisotopic (exact) mass is 389 g/mol. The first kappa shape index (κ1) is 18.1. The highest BCUT2D eigenvalue weighted by atomic mass is 79.9. The molecule has 1 N–H and O–H groups in total. The van der Waals surface area contributed by atoms with E-state index in [1.807, 2.05) is 18.2 Å². The molecule has 6 nitrogen and oxygen atoms in total. The van der Waals surface area contributed by atoms with Gasteiger partial charge in [-0.1, -0.05) is 0 Å². The summed E-state index contributed by atoms with van der Waals surface area (Å²) >= 11 is 3.39. The summed E-state index contributed by atoms with van der Waals surface area (Å²) < 4.78 is 0.759. The van der Waals surface area contributed by atoms with Gasteiger partial charge < -0.3 is 10.2 Å². The second kappa shape index (κ2) is 8.54. The Labute approximate surface area is 150 Å². The fraction of sp³-hybridized carbons (Fsp3) is 0.294. The van der Waals surface area contributed by atoms with Gasteiger partial charge in [0.2, 0.25) is 5.91 Å². The number of halogens is 1. The number of benzene rings is 1. The van der Waals surface area contributed by atoms with Gasteiger partial charge in [-0.05, 0) is 54.0 Å². The third-order valence-corrected chi connectivity index (χ3v) is 4.05. The molecule has 0 bridgehead atoms. The molecule has 1 amide bonds.